The maximum atomic E-state index is 9.15. The molecular weight excluding hydrogens is 178 g/mol. The van der Waals surface area contributed by atoms with Gasteiger partial charge in [0.25, 0.3) is 0 Å². The zero-order valence-electron chi connectivity index (χ0n) is 8.87. The Morgan fingerprint density at radius 2 is 2.07 bits per heavy atom. The van der Waals surface area contributed by atoms with Crippen LogP contribution < -0.4 is 10.5 Å². The molecule has 3 heteroatoms. The van der Waals surface area contributed by atoms with E-state index in [4.69, 9.17) is 15.6 Å². The van der Waals surface area contributed by atoms with Crippen molar-refractivity contribution in [2.75, 3.05) is 7.11 Å². The molecule has 3 nitrogen and oxygen atoms in total. The zero-order chi connectivity index (χ0) is 10.8. The number of methoxy groups -OCH3 is 1. The SMILES string of the molecule is COc1ccc(CO)c(C(C)(C)N)c1. The van der Waals surface area contributed by atoms with Crippen LogP contribution in [0.4, 0.5) is 0 Å². The molecule has 3 N–H and O–H groups in total. The van der Waals surface area contributed by atoms with Crippen molar-refractivity contribution in [3.05, 3.63) is 29.3 Å². The first-order valence-electron chi connectivity index (χ1n) is 4.56. The van der Waals surface area contributed by atoms with Crippen LogP contribution in [0.25, 0.3) is 0 Å². The van der Waals surface area contributed by atoms with E-state index in [1.807, 2.05) is 32.0 Å². The normalized spacial score (nSPS) is 11.5. The Kier molecular flexibility index (Phi) is 3.13. The van der Waals surface area contributed by atoms with Crippen molar-refractivity contribution >= 4 is 0 Å². The maximum absolute atomic E-state index is 9.15. The molecule has 0 radical (unpaired) electrons. The number of ether oxygens (including phenoxy) is 1. The van der Waals surface area contributed by atoms with Crippen molar-refractivity contribution in [1.82, 2.24) is 0 Å². The van der Waals surface area contributed by atoms with Crippen molar-refractivity contribution in [2.24, 2.45) is 5.73 Å². The molecule has 1 rings (SSSR count). The molecule has 78 valence electrons. The van der Waals surface area contributed by atoms with Gasteiger partial charge in [0.2, 0.25) is 0 Å². The third kappa shape index (κ3) is 2.25. The molecule has 14 heavy (non-hydrogen) atoms. The lowest BCUT2D eigenvalue weighted by Gasteiger charge is -2.22. The summed E-state index contributed by atoms with van der Waals surface area (Å²) in [4.78, 5) is 0. The molecule has 0 aliphatic rings. The van der Waals surface area contributed by atoms with Gasteiger partial charge >= 0.3 is 0 Å². The van der Waals surface area contributed by atoms with Gasteiger partial charge in [-0.3, -0.25) is 0 Å². The fourth-order valence-electron chi connectivity index (χ4n) is 1.42. The molecule has 0 fully saturated rings. The van der Waals surface area contributed by atoms with Gasteiger partial charge in [-0.05, 0) is 37.1 Å². The van der Waals surface area contributed by atoms with E-state index < -0.39 is 5.54 Å². The summed E-state index contributed by atoms with van der Waals surface area (Å²) >= 11 is 0. The third-order valence-corrected chi connectivity index (χ3v) is 2.18. The summed E-state index contributed by atoms with van der Waals surface area (Å²) in [7, 11) is 1.61. The first kappa shape index (κ1) is 11.0. The van der Waals surface area contributed by atoms with E-state index in [1.165, 1.54) is 0 Å². The van der Waals surface area contributed by atoms with Crippen LogP contribution in [0.1, 0.15) is 25.0 Å². The zero-order valence-corrected chi connectivity index (χ0v) is 8.87. The van der Waals surface area contributed by atoms with Crippen LogP contribution >= 0.6 is 0 Å². The Balaban J connectivity index is 3.22. The minimum absolute atomic E-state index is 0.0000420. The summed E-state index contributed by atoms with van der Waals surface area (Å²) in [5.74, 6) is 0.760. The molecule has 0 aromatic heterocycles. The summed E-state index contributed by atoms with van der Waals surface area (Å²) in [5.41, 5.74) is 7.29. The highest BCUT2D eigenvalue weighted by Gasteiger charge is 2.18. The van der Waals surface area contributed by atoms with Crippen LogP contribution in [-0.4, -0.2) is 12.2 Å². The molecule has 0 atom stereocenters. The summed E-state index contributed by atoms with van der Waals surface area (Å²) in [6.07, 6.45) is 0. The molecule has 1 aromatic carbocycles. The van der Waals surface area contributed by atoms with Crippen molar-refractivity contribution in [1.29, 1.82) is 0 Å². The van der Waals surface area contributed by atoms with Gasteiger partial charge in [0.05, 0.1) is 13.7 Å². The summed E-state index contributed by atoms with van der Waals surface area (Å²) in [6.45, 7) is 3.81. The van der Waals surface area contributed by atoms with E-state index in [1.54, 1.807) is 7.11 Å². The van der Waals surface area contributed by atoms with E-state index in [2.05, 4.69) is 0 Å². The van der Waals surface area contributed by atoms with Gasteiger partial charge in [0.15, 0.2) is 0 Å². The Bertz CT molecular complexity index is 316. The van der Waals surface area contributed by atoms with Crippen LogP contribution in [-0.2, 0) is 12.1 Å². The van der Waals surface area contributed by atoms with Crippen molar-refractivity contribution in [2.45, 2.75) is 26.0 Å². The highest BCUT2D eigenvalue weighted by Crippen LogP contribution is 2.25. The van der Waals surface area contributed by atoms with Crippen LogP contribution in [0.15, 0.2) is 18.2 Å². The largest absolute Gasteiger partial charge is 0.497 e. The fourth-order valence-corrected chi connectivity index (χ4v) is 1.42. The minimum Gasteiger partial charge on any atom is -0.497 e. The third-order valence-electron chi connectivity index (χ3n) is 2.18. The van der Waals surface area contributed by atoms with Gasteiger partial charge in [0.1, 0.15) is 5.75 Å². The standard InChI is InChI=1S/C11H17NO2/c1-11(2,12)10-6-9(14-3)5-4-8(10)7-13/h4-6,13H,7,12H2,1-3H3. The highest BCUT2D eigenvalue weighted by atomic mass is 16.5. The number of hydrogen-bond donors (Lipinski definition) is 2. The molecule has 0 aliphatic carbocycles. The smallest absolute Gasteiger partial charge is 0.119 e. The molecule has 0 aliphatic heterocycles. The number of hydrogen-bond acceptors (Lipinski definition) is 3. The summed E-state index contributed by atoms with van der Waals surface area (Å²) < 4.78 is 5.11. The van der Waals surface area contributed by atoms with Crippen LogP contribution in [0, 0.1) is 0 Å². The second-order valence-corrected chi connectivity index (χ2v) is 3.90. The second-order valence-electron chi connectivity index (χ2n) is 3.90. The van der Waals surface area contributed by atoms with E-state index in [0.717, 1.165) is 16.9 Å². The molecular formula is C11H17NO2. The van der Waals surface area contributed by atoms with Crippen molar-refractivity contribution < 1.29 is 9.84 Å². The second kappa shape index (κ2) is 3.98. The van der Waals surface area contributed by atoms with Crippen LogP contribution in [0.3, 0.4) is 0 Å². The van der Waals surface area contributed by atoms with Gasteiger partial charge in [-0.15, -0.1) is 0 Å². The molecule has 0 saturated carbocycles. The maximum Gasteiger partial charge on any atom is 0.119 e. The number of nitrogens with two attached hydrogens (primary N) is 1. The van der Waals surface area contributed by atoms with Gasteiger partial charge in [-0.25, -0.2) is 0 Å². The van der Waals surface area contributed by atoms with E-state index in [0.29, 0.717) is 0 Å². The van der Waals surface area contributed by atoms with Gasteiger partial charge in [0, 0.05) is 5.54 Å². The average Bonchev–Trinajstić information content (AvgIpc) is 2.15. The van der Waals surface area contributed by atoms with Crippen LogP contribution in [0.2, 0.25) is 0 Å². The molecule has 0 unspecified atom stereocenters. The van der Waals surface area contributed by atoms with E-state index >= 15 is 0 Å². The summed E-state index contributed by atoms with van der Waals surface area (Å²) in [6, 6.07) is 5.52. The molecule has 0 spiro atoms. The van der Waals surface area contributed by atoms with Crippen LogP contribution in [0.5, 0.6) is 5.75 Å². The minimum atomic E-state index is -0.466. The summed E-state index contributed by atoms with van der Waals surface area (Å²) in [5, 5.41) is 9.15. The quantitative estimate of drug-likeness (QED) is 0.766. The lowest BCUT2D eigenvalue weighted by Crippen LogP contribution is -2.30. The molecule has 0 amide bonds. The Morgan fingerprint density at radius 1 is 1.43 bits per heavy atom. The van der Waals surface area contributed by atoms with Gasteiger partial charge < -0.3 is 15.6 Å². The van der Waals surface area contributed by atoms with Crippen molar-refractivity contribution in [3.8, 4) is 5.75 Å². The first-order chi connectivity index (χ1) is 6.49. The Labute approximate surface area is 84.5 Å². The topological polar surface area (TPSA) is 55.5 Å². The average molecular weight is 195 g/mol. The number of rotatable bonds is 3. The molecule has 0 heterocycles. The number of benzene rings is 1. The van der Waals surface area contributed by atoms with Gasteiger partial charge in [-0.1, -0.05) is 6.07 Å². The van der Waals surface area contributed by atoms with Gasteiger partial charge in [-0.2, -0.15) is 0 Å². The highest BCUT2D eigenvalue weighted by molar-refractivity contribution is 5.39. The Morgan fingerprint density at radius 3 is 2.50 bits per heavy atom. The fraction of sp³-hybridized carbons (Fsp3) is 0.455. The van der Waals surface area contributed by atoms with E-state index in [9.17, 15) is 0 Å². The lowest BCUT2D eigenvalue weighted by molar-refractivity contribution is 0.278. The Hall–Kier alpha value is -1.06. The number of aliphatic hydroxyl groups excluding tert-OH is 1. The van der Waals surface area contributed by atoms with E-state index in [-0.39, 0.29) is 6.61 Å². The first-order valence-corrected chi connectivity index (χ1v) is 4.56. The number of aliphatic hydroxyl groups is 1. The molecule has 0 saturated heterocycles. The lowest BCUT2D eigenvalue weighted by atomic mass is 9.91. The van der Waals surface area contributed by atoms with Crippen molar-refractivity contribution in [3.63, 3.8) is 0 Å². The predicted molar refractivity (Wildman–Crippen MR) is 56.1 cm³/mol. The molecule has 1 aromatic rings. The molecule has 0 bridgehead atoms. The monoisotopic (exact) mass is 195 g/mol. The predicted octanol–water partition coefficient (Wildman–Crippen LogP) is 1.38.